The molecule has 0 amide bonds. The number of aliphatic hydroxyl groups is 2. The van der Waals surface area contributed by atoms with Crippen molar-refractivity contribution < 1.29 is 19.7 Å². The highest BCUT2D eigenvalue weighted by atomic mass is 16.5. The zero-order valence-electron chi connectivity index (χ0n) is 19.2. The molecule has 0 unspecified atom stereocenters. The van der Waals surface area contributed by atoms with Crippen molar-refractivity contribution in [1.82, 2.24) is 0 Å². The number of hydrogen-bond donors (Lipinski definition) is 2. The molecule has 1 aliphatic carbocycles. The topological polar surface area (TPSA) is 58.9 Å². The molecule has 170 valence electrons. The summed E-state index contributed by atoms with van der Waals surface area (Å²) in [5.41, 5.74) is 4.92. The van der Waals surface area contributed by atoms with Gasteiger partial charge in [-0.05, 0) is 61.1 Å². The van der Waals surface area contributed by atoms with Crippen LogP contribution < -0.4 is 9.47 Å². The van der Waals surface area contributed by atoms with Crippen LogP contribution in [0.25, 0.3) is 0 Å². The smallest absolute Gasteiger partial charge is 0.122 e. The number of aliphatic hydroxyl groups excluding tert-OH is 2. The predicted molar refractivity (Wildman–Crippen MR) is 125 cm³/mol. The van der Waals surface area contributed by atoms with Gasteiger partial charge in [0.1, 0.15) is 24.7 Å². The third-order valence-corrected chi connectivity index (χ3v) is 6.61. The molecule has 0 heterocycles. The summed E-state index contributed by atoms with van der Waals surface area (Å²) in [6.45, 7) is 4.87. The van der Waals surface area contributed by atoms with Gasteiger partial charge in [0.05, 0.1) is 13.2 Å². The van der Waals surface area contributed by atoms with E-state index in [9.17, 15) is 0 Å². The predicted octanol–water partition coefficient (Wildman–Crippen LogP) is 5.47. The maximum atomic E-state index is 9.10. The standard InChI is InChI=1S/C27H38O4/c1-21-19-23(9-11-25(21)30-17-15-28)27(13-7-5-3-4-6-8-14-27)24-10-12-26(22(2)20-24)31-18-16-29/h9-12,19-20,28-29H,3-8,13-18H2,1-2H3. The van der Waals surface area contributed by atoms with Gasteiger partial charge in [0.2, 0.25) is 0 Å². The minimum Gasteiger partial charge on any atom is -0.491 e. The molecular weight excluding hydrogens is 388 g/mol. The second-order valence-electron chi connectivity index (χ2n) is 8.81. The van der Waals surface area contributed by atoms with E-state index in [4.69, 9.17) is 19.7 Å². The minimum atomic E-state index is -0.0229. The summed E-state index contributed by atoms with van der Waals surface area (Å²) in [5.74, 6) is 1.69. The van der Waals surface area contributed by atoms with E-state index in [1.54, 1.807) is 0 Å². The molecule has 2 N–H and O–H groups in total. The minimum absolute atomic E-state index is 0.0229. The summed E-state index contributed by atoms with van der Waals surface area (Å²) < 4.78 is 11.4. The van der Waals surface area contributed by atoms with Crippen LogP contribution in [-0.2, 0) is 5.41 Å². The van der Waals surface area contributed by atoms with E-state index in [0.29, 0.717) is 13.2 Å². The lowest BCUT2D eigenvalue weighted by Crippen LogP contribution is -2.28. The van der Waals surface area contributed by atoms with E-state index in [1.807, 2.05) is 0 Å². The third kappa shape index (κ3) is 5.81. The van der Waals surface area contributed by atoms with Gasteiger partial charge in [0.25, 0.3) is 0 Å². The first kappa shape index (κ1) is 23.6. The average Bonchev–Trinajstić information content (AvgIpc) is 2.90. The molecule has 4 nitrogen and oxygen atoms in total. The molecule has 0 bridgehead atoms. The molecule has 1 aliphatic rings. The Hall–Kier alpha value is -2.04. The number of hydrogen-bond acceptors (Lipinski definition) is 4. The average molecular weight is 427 g/mol. The quantitative estimate of drug-likeness (QED) is 0.588. The number of benzene rings is 2. The summed E-state index contributed by atoms with van der Waals surface area (Å²) >= 11 is 0. The molecule has 2 aromatic rings. The summed E-state index contributed by atoms with van der Waals surface area (Å²) in [7, 11) is 0. The van der Waals surface area contributed by atoms with Gasteiger partial charge < -0.3 is 19.7 Å². The van der Waals surface area contributed by atoms with Gasteiger partial charge in [-0.1, -0.05) is 62.8 Å². The van der Waals surface area contributed by atoms with Crippen LogP contribution in [0.15, 0.2) is 36.4 Å². The summed E-state index contributed by atoms with van der Waals surface area (Å²) in [5, 5.41) is 18.2. The van der Waals surface area contributed by atoms with Gasteiger partial charge in [-0.3, -0.25) is 0 Å². The molecule has 4 heteroatoms. The maximum Gasteiger partial charge on any atom is 0.122 e. The zero-order chi connectivity index (χ0) is 22.1. The molecule has 2 aromatic carbocycles. The van der Waals surface area contributed by atoms with Gasteiger partial charge in [-0.2, -0.15) is 0 Å². The first-order valence-corrected chi connectivity index (χ1v) is 11.8. The number of aryl methyl sites for hydroxylation is 2. The SMILES string of the molecule is Cc1cc(C2(c3ccc(OCCO)c(C)c3)CCCCCCCC2)ccc1OCCO. The van der Waals surface area contributed by atoms with E-state index >= 15 is 0 Å². The van der Waals surface area contributed by atoms with E-state index in [1.165, 1.54) is 49.7 Å². The highest BCUT2D eigenvalue weighted by Gasteiger charge is 2.34. The van der Waals surface area contributed by atoms with Crippen LogP contribution >= 0.6 is 0 Å². The van der Waals surface area contributed by atoms with Crippen LogP contribution in [0, 0.1) is 13.8 Å². The summed E-state index contributed by atoms with van der Waals surface area (Å²) in [4.78, 5) is 0. The van der Waals surface area contributed by atoms with Crippen molar-refractivity contribution in [2.75, 3.05) is 26.4 Å². The van der Waals surface area contributed by atoms with Crippen LogP contribution in [-0.4, -0.2) is 36.6 Å². The fourth-order valence-electron chi connectivity index (χ4n) is 4.96. The van der Waals surface area contributed by atoms with E-state index in [0.717, 1.165) is 35.5 Å². The van der Waals surface area contributed by atoms with Crippen LogP contribution in [0.5, 0.6) is 11.5 Å². The van der Waals surface area contributed by atoms with E-state index < -0.39 is 0 Å². The lowest BCUT2D eigenvalue weighted by molar-refractivity contribution is 0.200. The van der Waals surface area contributed by atoms with Crippen molar-refractivity contribution in [1.29, 1.82) is 0 Å². The lowest BCUT2D eigenvalue weighted by atomic mass is 9.67. The Morgan fingerprint density at radius 3 is 1.48 bits per heavy atom. The fourth-order valence-corrected chi connectivity index (χ4v) is 4.96. The molecule has 3 rings (SSSR count). The van der Waals surface area contributed by atoms with Crippen LogP contribution in [0.1, 0.15) is 73.6 Å². The largest absolute Gasteiger partial charge is 0.491 e. The third-order valence-electron chi connectivity index (χ3n) is 6.61. The molecule has 0 aromatic heterocycles. The Labute approximate surface area is 187 Å². The lowest BCUT2D eigenvalue weighted by Gasteiger charge is -2.36. The van der Waals surface area contributed by atoms with Gasteiger partial charge in [0, 0.05) is 5.41 Å². The molecule has 0 saturated heterocycles. The van der Waals surface area contributed by atoms with E-state index in [2.05, 4.69) is 50.2 Å². The van der Waals surface area contributed by atoms with Crippen molar-refractivity contribution in [3.05, 3.63) is 58.7 Å². The Morgan fingerprint density at radius 1 is 0.677 bits per heavy atom. The Morgan fingerprint density at radius 2 is 1.10 bits per heavy atom. The Kier molecular flexibility index (Phi) is 8.79. The maximum absolute atomic E-state index is 9.10. The molecule has 0 aliphatic heterocycles. The van der Waals surface area contributed by atoms with Crippen molar-refractivity contribution in [2.24, 2.45) is 0 Å². The molecule has 1 fully saturated rings. The summed E-state index contributed by atoms with van der Waals surface area (Å²) in [6.07, 6.45) is 9.96. The fraction of sp³-hybridized carbons (Fsp3) is 0.556. The molecule has 31 heavy (non-hydrogen) atoms. The van der Waals surface area contributed by atoms with E-state index in [-0.39, 0.29) is 18.6 Å². The zero-order valence-corrected chi connectivity index (χ0v) is 19.2. The van der Waals surface area contributed by atoms with Gasteiger partial charge in [-0.15, -0.1) is 0 Å². The second kappa shape index (κ2) is 11.5. The van der Waals surface area contributed by atoms with Gasteiger partial charge in [-0.25, -0.2) is 0 Å². The molecule has 0 spiro atoms. The molecular formula is C27H38O4. The van der Waals surface area contributed by atoms with Crippen LogP contribution in [0.3, 0.4) is 0 Å². The van der Waals surface area contributed by atoms with Crippen molar-refractivity contribution in [2.45, 2.75) is 70.6 Å². The molecule has 0 atom stereocenters. The highest BCUT2D eigenvalue weighted by molar-refractivity contribution is 5.48. The molecule has 1 saturated carbocycles. The van der Waals surface area contributed by atoms with Crippen molar-refractivity contribution >= 4 is 0 Å². The highest BCUT2D eigenvalue weighted by Crippen LogP contribution is 2.45. The van der Waals surface area contributed by atoms with Crippen molar-refractivity contribution in [3.63, 3.8) is 0 Å². The summed E-state index contributed by atoms with van der Waals surface area (Å²) in [6, 6.07) is 13.2. The molecule has 0 radical (unpaired) electrons. The Bertz CT molecular complexity index is 760. The monoisotopic (exact) mass is 426 g/mol. The van der Waals surface area contributed by atoms with Gasteiger partial charge >= 0.3 is 0 Å². The normalized spacial score (nSPS) is 16.8. The first-order valence-electron chi connectivity index (χ1n) is 11.8. The number of rotatable bonds is 8. The van der Waals surface area contributed by atoms with Crippen molar-refractivity contribution in [3.8, 4) is 11.5 Å². The van der Waals surface area contributed by atoms with Crippen LogP contribution in [0.4, 0.5) is 0 Å². The van der Waals surface area contributed by atoms with Crippen LogP contribution in [0.2, 0.25) is 0 Å². The van der Waals surface area contributed by atoms with Gasteiger partial charge in [0.15, 0.2) is 0 Å². The second-order valence-corrected chi connectivity index (χ2v) is 8.81. The number of ether oxygens (including phenoxy) is 2. The Balaban J connectivity index is 2.03. The first-order chi connectivity index (χ1) is 15.1.